The van der Waals surface area contributed by atoms with E-state index in [1.54, 1.807) is 31.2 Å². The maximum atomic E-state index is 13.5. The zero-order valence-electron chi connectivity index (χ0n) is 10.5. The number of nitrogens with two attached hydrogens (primary N) is 1. The Morgan fingerprint density at radius 1 is 1.20 bits per heavy atom. The molecule has 3 nitrogen and oxygen atoms in total. The summed E-state index contributed by atoms with van der Waals surface area (Å²) in [6.45, 7) is 1.79. The predicted molar refractivity (Wildman–Crippen MR) is 85.3 cm³/mol. The Morgan fingerprint density at radius 2 is 1.90 bits per heavy atom. The van der Waals surface area contributed by atoms with Crippen LogP contribution in [0.2, 0.25) is 0 Å². The third kappa shape index (κ3) is 3.19. The van der Waals surface area contributed by atoms with E-state index in [1.165, 1.54) is 6.07 Å². The van der Waals surface area contributed by atoms with Gasteiger partial charge in [0.2, 0.25) is 0 Å². The molecule has 0 bridgehead atoms. The van der Waals surface area contributed by atoms with Gasteiger partial charge in [0.25, 0.3) is 5.91 Å². The number of halogens is 3. The molecule has 0 heterocycles. The summed E-state index contributed by atoms with van der Waals surface area (Å²) in [5.41, 5.74) is 7.85. The zero-order chi connectivity index (χ0) is 14.9. The van der Waals surface area contributed by atoms with Crippen molar-refractivity contribution in [3.05, 3.63) is 56.2 Å². The normalized spacial score (nSPS) is 10.4. The van der Waals surface area contributed by atoms with E-state index in [1.807, 2.05) is 0 Å². The summed E-state index contributed by atoms with van der Waals surface area (Å²) in [7, 11) is 0. The number of benzene rings is 2. The first-order chi connectivity index (χ1) is 9.38. The Morgan fingerprint density at radius 3 is 2.55 bits per heavy atom. The van der Waals surface area contributed by atoms with Gasteiger partial charge in [0, 0.05) is 21.4 Å². The number of anilines is 2. The fraction of sp³-hybridized carbons (Fsp3) is 0.0714. The molecular weight excluding hydrogens is 391 g/mol. The molecule has 2 rings (SSSR count). The van der Waals surface area contributed by atoms with E-state index in [0.717, 1.165) is 5.56 Å². The average molecular weight is 402 g/mol. The largest absolute Gasteiger partial charge is 0.398 e. The molecule has 6 heteroatoms. The number of carbonyl (C=O) groups is 1. The molecular formula is C14H11Br2FN2O. The maximum Gasteiger partial charge on any atom is 0.255 e. The second kappa shape index (κ2) is 5.93. The van der Waals surface area contributed by atoms with Crippen LogP contribution in [0.3, 0.4) is 0 Å². The van der Waals surface area contributed by atoms with Gasteiger partial charge in [-0.1, -0.05) is 0 Å². The minimum Gasteiger partial charge on any atom is -0.398 e. The number of hydrogen-bond donors (Lipinski definition) is 2. The van der Waals surface area contributed by atoms with E-state index in [-0.39, 0.29) is 5.91 Å². The van der Waals surface area contributed by atoms with Gasteiger partial charge in [-0.3, -0.25) is 4.79 Å². The number of rotatable bonds is 2. The van der Waals surface area contributed by atoms with Crippen molar-refractivity contribution < 1.29 is 9.18 Å². The first-order valence-electron chi connectivity index (χ1n) is 5.70. The van der Waals surface area contributed by atoms with Crippen LogP contribution >= 0.6 is 31.9 Å². The highest BCUT2D eigenvalue weighted by Gasteiger charge is 2.11. The molecule has 0 spiro atoms. The standard InChI is InChI=1S/C14H11Br2FN2O/c1-7-4-9(15)11(17)6-13(7)19-14(20)8-2-3-12(18)10(16)5-8/h2-6H,18H2,1H3,(H,19,20). The van der Waals surface area contributed by atoms with Crippen molar-refractivity contribution in [2.45, 2.75) is 6.92 Å². The Labute approximate surface area is 132 Å². The van der Waals surface area contributed by atoms with Crippen LogP contribution in [0, 0.1) is 12.7 Å². The van der Waals surface area contributed by atoms with E-state index in [2.05, 4.69) is 37.2 Å². The fourth-order valence-electron chi connectivity index (χ4n) is 1.64. The van der Waals surface area contributed by atoms with E-state index in [0.29, 0.717) is 25.9 Å². The molecule has 0 aliphatic heterocycles. The summed E-state index contributed by atoms with van der Waals surface area (Å²) in [5, 5.41) is 2.68. The minimum atomic E-state index is -0.426. The summed E-state index contributed by atoms with van der Waals surface area (Å²) in [6.07, 6.45) is 0. The lowest BCUT2D eigenvalue weighted by atomic mass is 10.1. The highest BCUT2D eigenvalue weighted by molar-refractivity contribution is 9.10. The molecule has 104 valence electrons. The van der Waals surface area contributed by atoms with Crippen LogP contribution in [0.5, 0.6) is 0 Å². The lowest BCUT2D eigenvalue weighted by Gasteiger charge is -2.10. The molecule has 0 atom stereocenters. The first-order valence-corrected chi connectivity index (χ1v) is 7.29. The second-order valence-corrected chi connectivity index (χ2v) is 5.98. The first kappa shape index (κ1) is 15.0. The Balaban J connectivity index is 2.27. The topological polar surface area (TPSA) is 55.1 Å². The van der Waals surface area contributed by atoms with Crippen molar-refractivity contribution in [2.24, 2.45) is 0 Å². The van der Waals surface area contributed by atoms with Gasteiger partial charge in [0.05, 0.1) is 4.47 Å². The molecule has 0 unspecified atom stereocenters. The molecule has 0 aromatic heterocycles. The van der Waals surface area contributed by atoms with Crippen LogP contribution in [-0.2, 0) is 0 Å². The van der Waals surface area contributed by atoms with Crippen molar-refractivity contribution >= 4 is 49.1 Å². The molecule has 2 aromatic rings. The van der Waals surface area contributed by atoms with Crippen molar-refractivity contribution in [1.29, 1.82) is 0 Å². The molecule has 0 saturated heterocycles. The lowest BCUT2D eigenvalue weighted by molar-refractivity contribution is 0.102. The Kier molecular flexibility index (Phi) is 4.45. The van der Waals surface area contributed by atoms with Crippen LogP contribution in [0.4, 0.5) is 15.8 Å². The lowest BCUT2D eigenvalue weighted by Crippen LogP contribution is -2.13. The highest BCUT2D eigenvalue weighted by Crippen LogP contribution is 2.25. The van der Waals surface area contributed by atoms with Gasteiger partial charge < -0.3 is 11.1 Å². The number of nitrogen functional groups attached to an aromatic ring is 1. The fourth-order valence-corrected chi connectivity index (χ4v) is 2.48. The zero-order valence-corrected chi connectivity index (χ0v) is 13.7. The number of carbonyl (C=O) groups excluding carboxylic acids is 1. The van der Waals surface area contributed by atoms with Gasteiger partial charge in [-0.25, -0.2) is 4.39 Å². The van der Waals surface area contributed by atoms with Crippen LogP contribution in [0.25, 0.3) is 0 Å². The summed E-state index contributed by atoms with van der Waals surface area (Å²) in [5.74, 6) is -0.750. The van der Waals surface area contributed by atoms with Crippen molar-refractivity contribution in [3.8, 4) is 0 Å². The number of nitrogens with one attached hydrogen (secondary N) is 1. The maximum absolute atomic E-state index is 13.5. The molecule has 0 saturated carbocycles. The van der Waals surface area contributed by atoms with Crippen molar-refractivity contribution in [2.75, 3.05) is 11.1 Å². The van der Waals surface area contributed by atoms with E-state index < -0.39 is 5.82 Å². The van der Waals surface area contributed by atoms with Crippen molar-refractivity contribution in [3.63, 3.8) is 0 Å². The number of amides is 1. The van der Waals surface area contributed by atoms with Crippen LogP contribution in [0.15, 0.2) is 39.3 Å². The van der Waals surface area contributed by atoms with E-state index >= 15 is 0 Å². The number of aryl methyl sites for hydroxylation is 1. The van der Waals surface area contributed by atoms with Gasteiger partial charge in [-0.2, -0.15) is 0 Å². The van der Waals surface area contributed by atoms with E-state index in [9.17, 15) is 9.18 Å². The molecule has 1 amide bonds. The predicted octanol–water partition coefficient (Wildman–Crippen LogP) is 4.49. The summed E-state index contributed by atoms with van der Waals surface area (Å²) >= 11 is 6.37. The summed E-state index contributed by atoms with van der Waals surface area (Å²) in [6, 6.07) is 7.76. The average Bonchev–Trinajstić information content (AvgIpc) is 2.39. The molecule has 20 heavy (non-hydrogen) atoms. The Bertz CT molecular complexity index is 689. The monoisotopic (exact) mass is 400 g/mol. The summed E-state index contributed by atoms with van der Waals surface area (Å²) < 4.78 is 14.5. The Hall–Kier alpha value is -1.40. The van der Waals surface area contributed by atoms with Crippen LogP contribution in [-0.4, -0.2) is 5.91 Å². The smallest absolute Gasteiger partial charge is 0.255 e. The van der Waals surface area contributed by atoms with Crippen LogP contribution in [0.1, 0.15) is 15.9 Å². The number of hydrogen-bond acceptors (Lipinski definition) is 2. The van der Waals surface area contributed by atoms with Gasteiger partial charge in [0.1, 0.15) is 5.82 Å². The van der Waals surface area contributed by atoms with Gasteiger partial charge >= 0.3 is 0 Å². The molecule has 0 fully saturated rings. The minimum absolute atomic E-state index is 0.324. The van der Waals surface area contributed by atoms with Gasteiger partial charge in [0.15, 0.2) is 0 Å². The SMILES string of the molecule is Cc1cc(Br)c(F)cc1NC(=O)c1ccc(N)c(Br)c1. The third-order valence-corrected chi connectivity index (χ3v) is 4.07. The van der Waals surface area contributed by atoms with E-state index in [4.69, 9.17) is 5.73 Å². The molecule has 3 N–H and O–H groups in total. The highest BCUT2D eigenvalue weighted by atomic mass is 79.9. The molecule has 0 aliphatic rings. The molecule has 0 radical (unpaired) electrons. The third-order valence-electron chi connectivity index (χ3n) is 2.78. The van der Waals surface area contributed by atoms with Gasteiger partial charge in [-0.05, 0) is 74.7 Å². The second-order valence-electron chi connectivity index (χ2n) is 4.27. The molecule has 0 aliphatic carbocycles. The van der Waals surface area contributed by atoms with Gasteiger partial charge in [-0.15, -0.1) is 0 Å². The molecule has 2 aromatic carbocycles. The summed E-state index contributed by atoms with van der Waals surface area (Å²) in [4.78, 5) is 12.1. The van der Waals surface area contributed by atoms with Crippen molar-refractivity contribution in [1.82, 2.24) is 0 Å². The quantitative estimate of drug-likeness (QED) is 0.728. The van der Waals surface area contributed by atoms with Crippen LogP contribution < -0.4 is 11.1 Å².